The van der Waals surface area contributed by atoms with Gasteiger partial charge in [-0.25, -0.2) is 9.78 Å². The molecule has 1 aliphatic carbocycles. The number of para-hydroxylation sites is 2. The molecule has 4 aromatic rings. The van der Waals surface area contributed by atoms with Crippen LogP contribution >= 0.6 is 0 Å². The first-order valence-electron chi connectivity index (χ1n) is 12.3. The van der Waals surface area contributed by atoms with Crippen LogP contribution in [-0.4, -0.2) is 39.9 Å². The molecule has 2 N–H and O–H groups in total. The second-order valence-corrected chi connectivity index (χ2v) is 9.43. The molecule has 2 aromatic carbocycles. The van der Waals surface area contributed by atoms with Gasteiger partial charge in [0, 0.05) is 28.0 Å². The molecule has 1 atom stereocenters. The van der Waals surface area contributed by atoms with Gasteiger partial charge < -0.3 is 19.9 Å². The number of aromatic nitrogens is 2. The Morgan fingerprint density at radius 3 is 2.54 bits per heavy atom. The summed E-state index contributed by atoms with van der Waals surface area (Å²) in [6.07, 6.45) is 5.98. The first-order chi connectivity index (χ1) is 17.2. The summed E-state index contributed by atoms with van der Waals surface area (Å²) in [4.78, 5) is 36.9. The van der Waals surface area contributed by atoms with Crippen LogP contribution in [0.1, 0.15) is 71.2 Å². The normalized spacial score (nSPS) is 18.8. The Balaban J connectivity index is 1.59. The summed E-state index contributed by atoms with van der Waals surface area (Å²) in [5.41, 5.74) is 4.09. The lowest BCUT2D eigenvalue weighted by Gasteiger charge is -2.42. The van der Waals surface area contributed by atoms with E-state index < -0.39 is 12.1 Å². The third-order valence-electron chi connectivity index (χ3n) is 7.36. The first-order valence-corrected chi connectivity index (χ1v) is 12.3. The van der Waals surface area contributed by atoms with Crippen LogP contribution in [0.2, 0.25) is 0 Å². The molecule has 1 saturated carbocycles. The molecule has 3 heterocycles. The number of rotatable bonds is 3. The molecule has 2 aromatic heterocycles. The Labute approximate surface area is 203 Å². The molecule has 1 aliphatic heterocycles. The zero-order chi connectivity index (χ0) is 23.9. The molecule has 1 fully saturated rings. The standard InChI is InChI=1S/C28H28N4O3/c1-35-28(34)23-16-20-18-12-6-8-14-21(18)29-24(20)25(30-23)26-31-22-15-9-7-13-19(22)27(33)32(26)17-10-4-2-3-5-11-17/h6-9,12-17,26,29,31H,2-5,10-11H2,1H3. The maximum atomic E-state index is 14.0. The van der Waals surface area contributed by atoms with E-state index in [4.69, 9.17) is 9.72 Å². The number of esters is 1. The summed E-state index contributed by atoms with van der Waals surface area (Å²) in [7, 11) is 1.36. The fourth-order valence-electron chi connectivity index (χ4n) is 5.66. The number of nitrogens with zero attached hydrogens (tertiary/aromatic N) is 2. The molecule has 0 spiro atoms. The van der Waals surface area contributed by atoms with Gasteiger partial charge in [-0.2, -0.15) is 0 Å². The topological polar surface area (TPSA) is 87.3 Å². The van der Waals surface area contributed by atoms with Crippen molar-refractivity contribution in [2.45, 2.75) is 50.7 Å². The number of methoxy groups -OCH3 is 1. The van der Waals surface area contributed by atoms with Crippen molar-refractivity contribution < 1.29 is 14.3 Å². The van der Waals surface area contributed by atoms with Crippen molar-refractivity contribution in [3.63, 3.8) is 0 Å². The van der Waals surface area contributed by atoms with E-state index in [0.29, 0.717) is 11.3 Å². The lowest BCUT2D eigenvalue weighted by Crippen LogP contribution is -2.49. The fraction of sp³-hybridized carbons (Fsp3) is 0.321. The molecule has 2 aliphatic rings. The number of nitrogens with one attached hydrogen (secondary N) is 2. The van der Waals surface area contributed by atoms with Crippen molar-refractivity contribution in [3.8, 4) is 0 Å². The zero-order valence-electron chi connectivity index (χ0n) is 19.7. The molecule has 1 amide bonds. The second-order valence-electron chi connectivity index (χ2n) is 9.43. The lowest BCUT2D eigenvalue weighted by atomic mass is 9.99. The Morgan fingerprint density at radius 2 is 1.74 bits per heavy atom. The van der Waals surface area contributed by atoms with Crippen molar-refractivity contribution in [3.05, 3.63) is 71.5 Å². The smallest absolute Gasteiger partial charge is 0.356 e. The highest BCUT2D eigenvalue weighted by Gasteiger charge is 2.39. The minimum absolute atomic E-state index is 0.00535. The molecule has 0 bridgehead atoms. The summed E-state index contributed by atoms with van der Waals surface area (Å²) in [6, 6.07) is 17.5. The largest absolute Gasteiger partial charge is 0.464 e. The van der Waals surface area contributed by atoms with E-state index in [1.807, 2.05) is 53.4 Å². The van der Waals surface area contributed by atoms with Crippen LogP contribution in [0.3, 0.4) is 0 Å². The molecular formula is C28H28N4O3. The molecule has 0 radical (unpaired) electrons. The van der Waals surface area contributed by atoms with Crippen LogP contribution in [0.4, 0.5) is 5.69 Å². The van der Waals surface area contributed by atoms with Gasteiger partial charge in [0.15, 0.2) is 0 Å². The van der Waals surface area contributed by atoms with E-state index in [9.17, 15) is 9.59 Å². The summed E-state index contributed by atoms with van der Waals surface area (Å²) < 4.78 is 5.04. The Bertz CT molecular complexity index is 1430. The highest BCUT2D eigenvalue weighted by Crippen LogP contribution is 2.40. The second kappa shape index (κ2) is 8.73. The molecule has 35 heavy (non-hydrogen) atoms. The Morgan fingerprint density at radius 1 is 1.00 bits per heavy atom. The number of hydrogen-bond acceptors (Lipinski definition) is 5. The maximum Gasteiger partial charge on any atom is 0.356 e. The number of anilines is 1. The van der Waals surface area contributed by atoms with Gasteiger partial charge in [0.1, 0.15) is 17.6 Å². The number of amides is 1. The quantitative estimate of drug-likeness (QED) is 0.293. The van der Waals surface area contributed by atoms with Gasteiger partial charge in [0.05, 0.1) is 18.2 Å². The Hall–Kier alpha value is -3.87. The lowest BCUT2D eigenvalue weighted by molar-refractivity contribution is 0.0553. The monoisotopic (exact) mass is 468 g/mol. The van der Waals surface area contributed by atoms with Gasteiger partial charge >= 0.3 is 5.97 Å². The van der Waals surface area contributed by atoms with E-state index in [-0.39, 0.29) is 17.6 Å². The maximum absolute atomic E-state index is 14.0. The van der Waals surface area contributed by atoms with Gasteiger partial charge in [-0.15, -0.1) is 0 Å². The van der Waals surface area contributed by atoms with Crippen LogP contribution in [0.15, 0.2) is 54.6 Å². The number of ether oxygens (including phenoxy) is 1. The highest BCUT2D eigenvalue weighted by atomic mass is 16.5. The third kappa shape index (κ3) is 3.62. The van der Waals surface area contributed by atoms with Crippen LogP contribution in [-0.2, 0) is 4.74 Å². The van der Waals surface area contributed by atoms with E-state index >= 15 is 0 Å². The van der Waals surface area contributed by atoms with Crippen LogP contribution < -0.4 is 5.32 Å². The van der Waals surface area contributed by atoms with Gasteiger partial charge in [-0.1, -0.05) is 56.0 Å². The fourth-order valence-corrected chi connectivity index (χ4v) is 5.66. The van der Waals surface area contributed by atoms with Gasteiger partial charge in [0.25, 0.3) is 5.91 Å². The number of H-pyrrole nitrogens is 1. The van der Waals surface area contributed by atoms with Gasteiger partial charge in [0.2, 0.25) is 0 Å². The van der Waals surface area contributed by atoms with Crippen molar-refractivity contribution in [2.24, 2.45) is 0 Å². The summed E-state index contributed by atoms with van der Waals surface area (Å²) in [5.74, 6) is -0.493. The van der Waals surface area contributed by atoms with Gasteiger partial charge in [-0.05, 0) is 37.1 Å². The predicted molar refractivity (Wildman–Crippen MR) is 135 cm³/mol. The number of benzene rings is 2. The van der Waals surface area contributed by atoms with Crippen LogP contribution in [0.5, 0.6) is 0 Å². The molecule has 7 nitrogen and oxygen atoms in total. The average molecular weight is 469 g/mol. The number of carbonyl (C=O) groups excluding carboxylic acids is 2. The molecule has 1 unspecified atom stereocenters. The molecule has 7 heteroatoms. The summed E-state index contributed by atoms with van der Waals surface area (Å²) in [6.45, 7) is 0. The third-order valence-corrected chi connectivity index (χ3v) is 7.36. The van der Waals surface area contributed by atoms with Crippen molar-refractivity contribution in [1.82, 2.24) is 14.9 Å². The number of hydrogen-bond donors (Lipinski definition) is 2. The predicted octanol–water partition coefficient (Wildman–Crippen LogP) is 5.79. The molecule has 6 rings (SSSR count). The first kappa shape index (κ1) is 21.6. The van der Waals surface area contributed by atoms with E-state index in [1.54, 1.807) is 6.07 Å². The highest BCUT2D eigenvalue weighted by molar-refractivity contribution is 6.10. The number of pyridine rings is 1. The van der Waals surface area contributed by atoms with Crippen LogP contribution in [0, 0.1) is 0 Å². The van der Waals surface area contributed by atoms with Crippen molar-refractivity contribution in [2.75, 3.05) is 12.4 Å². The number of carbonyl (C=O) groups is 2. The number of aromatic amines is 1. The molecule has 0 saturated heterocycles. The van der Waals surface area contributed by atoms with Crippen molar-refractivity contribution >= 4 is 39.4 Å². The van der Waals surface area contributed by atoms with E-state index in [1.165, 1.54) is 20.0 Å². The minimum Gasteiger partial charge on any atom is -0.464 e. The zero-order valence-corrected chi connectivity index (χ0v) is 19.7. The van der Waals surface area contributed by atoms with E-state index in [2.05, 4.69) is 10.3 Å². The Kier molecular flexibility index (Phi) is 5.40. The SMILES string of the molecule is COC(=O)c1cc2c([nH]c3ccccc32)c(C2Nc3ccccc3C(=O)N2C2CCCCCC2)n1. The average Bonchev–Trinajstić information content (AvgIpc) is 3.06. The number of fused-ring (bicyclic) bond motifs is 4. The van der Waals surface area contributed by atoms with Crippen molar-refractivity contribution in [1.29, 1.82) is 0 Å². The van der Waals surface area contributed by atoms with E-state index in [0.717, 1.165) is 53.2 Å². The minimum atomic E-state index is -0.513. The summed E-state index contributed by atoms with van der Waals surface area (Å²) >= 11 is 0. The molecular weight excluding hydrogens is 440 g/mol. The summed E-state index contributed by atoms with van der Waals surface area (Å²) in [5, 5.41) is 5.49. The molecule has 178 valence electrons. The van der Waals surface area contributed by atoms with Gasteiger partial charge in [-0.3, -0.25) is 4.79 Å². The van der Waals surface area contributed by atoms with Crippen LogP contribution in [0.25, 0.3) is 21.8 Å².